The fourth-order valence-electron chi connectivity index (χ4n) is 2.80. The van der Waals surface area contributed by atoms with E-state index in [0.717, 1.165) is 11.8 Å². The van der Waals surface area contributed by atoms with Gasteiger partial charge < -0.3 is 18.9 Å². The van der Waals surface area contributed by atoms with Gasteiger partial charge in [-0.1, -0.05) is 28.5 Å². The summed E-state index contributed by atoms with van der Waals surface area (Å²) in [5.41, 5.74) is 8.34. The van der Waals surface area contributed by atoms with Gasteiger partial charge in [-0.2, -0.15) is 5.26 Å². The molecule has 1 aliphatic heterocycles. The standard InChI is InChI=1S/C17H18ClN5O6S/c1-8(24)27-7-13-15(28-9(2)25)14(22-23-20)16(26-3)17(29-13)30-10-4-11(18)12(5-19)21-6-10/h4,6,13-17H,7H2,1-3H3/t13-,14+,15+,16-,17-/m1/s1. The maximum atomic E-state index is 11.6. The molecule has 1 saturated heterocycles. The average molecular weight is 456 g/mol. The number of ether oxygens (including phenoxy) is 4. The molecule has 0 spiro atoms. The molecule has 0 unspecified atom stereocenters. The third-order valence-corrected chi connectivity index (χ3v) is 5.40. The van der Waals surface area contributed by atoms with Crippen LogP contribution in [0.15, 0.2) is 22.3 Å². The molecule has 1 aromatic heterocycles. The molecule has 0 saturated carbocycles. The van der Waals surface area contributed by atoms with Gasteiger partial charge in [-0.3, -0.25) is 9.59 Å². The maximum absolute atomic E-state index is 11.6. The van der Waals surface area contributed by atoms with Crippen LogP contribution in [-0.2, 0) is 28.5 Å². The summed E-state index contributed by atoms with van der Waals surface area (Å²) in [4.78, 5) is 30.2. The van der Waals surface area contributed by atoms with E-state index in [2.05, 4.69) is 15.0 Å². The Morgan fingerprint density at radius 1 is 1.43 bits per heavy atom. The zero-order valence-electron chi connectivity index (χ0n) is 16.2. The highest BCUT2D eigenvalue weighted by Gasteiger charge is 2.48. The Hall–Kier alpha value is -2.55. The number of nitriles is 1. The minimum Gasteiger partial charge on any atom is -0.463 e. The van der Waals surface area contributed by atoms with E-state index in [4.69, 9.17) is 41.3 Å². The number of halogens is 1. The number of nitrogens with zero attached hydrogens (tertiary/aromatic N) is 5. The number of rotatable bonds is 7. The molecule has 0 aromatic carbocycles. The lowest BCUT2D eigenvalue weighted by Crippen LogP contribution is -2.59. The average Bonchev–Trinajstić information content (AvgIpc) is 2.68. The van der Waals surface area contributed by atoms with Crippen LogP contribution in [0, 0.1) is 11.3 Å². The number of azide groups is 1. The SMILES string of the molecule is CO[C@@H]1[C@@H](N=[N+]=[N-])[C@@H](OC(C)=O)[C@@H](COC(C)=O)O[C@@H]1Sc1cnc(C#N)c(Cl)c1. The molecular formula is C17H18ClN5O6S. The lowest BCUT2D eigenvalue weighted by molar-refractivity contribution is -0.196. The van der Waals surface area contributed by atoms with Gasteiger partial charge in [0.1, 0.15) is 42.5 Å². The Kier molecular flexibility index (Phi) is 8.71. The van der Waals surface area contributed by atoms with Crippen LogP contribution >= 0.6 is 23.4 Å². The van der Waals surface area contributed by atoms with Crippen molar-refractivity contribution in [2.24, 2.45) is 5.11 Å². The van der Waals surface area contributed by atoms with Crippen LogP contribution < -0.4 is 0 Å². The molecule has 5 atom stereocenters. The van der Waals surface area contributed by atoms with E-state index in [0.29, 0.717) is 4.90 Å². The number of pyridine rings is 1. The van der Waals surface area contributed by atoms with Crippen LogP contribution in [0.1, 0.15) is 19.5 Å². The van der Waals surface area contributed by atoms with Gasteiger partial charge in [0.15, 0.2) is 5.69 Å². The van der Waals surface area contributed by atoms with E-state index in [1.807, 2.05) is 6.07 Å². The third kappa shape index (κ3) is 5.98. The van der Waals surface area contributed by atoms with Gasteiger partial charge in [0.25, 0.3) is 0 Å². The number of thioether (sulfide) groups is 1. The van der Waals surface area contributed by atoms with Crippen molar-refractivity contribution in [3.05, 3.63) is 33.4 Å². The zero-order valence-corrected chi connectivity index (χ0v) is 17.8. The predicted octanol–water partition coefficient (Wildman–Crippen LogP) is 2.61. The number of carbonyl (C=O) groups is 2. The van der Waals surface area contributed by atoms with Crippen molar-refractivity contribution in [1.29, 1.82) is 5.26 Å². The molecule has 1 aliphatic rings. The number of hydrogen-bond donors (Lipinski definition) is 0. The summed E-state index contributed by atoms with van der Waals surface area (Å²) in [6.07, 6.45) is -1.34. The minimum absolute atomic E-state index is 0.0727. The smallest absolute Gasteiger partial charge is 0.303 e. The van der Waals surface area contributed by atoms with Crippen LogP contribution in [0.5, 0.6) is 0 Å². The van der Waals surface area contributed by atoms with Crippen LogP contribution in [0.25, 0.3) is 10.4 Å². The topological polar surface area (TPSA) is 156 Å². The summed E-state index contributed by atoms with van der Waals surface area (Å²) in [5, 5.41) is 12.9. The molecule has 13 heteroatoms. The fraction of sp³-hybridized carbons (Fsp3) is 0.529. The van der Waals surface area contributed by atoms with Gasteiger partial charge in [0.2, 0.25) is 0 Å². The van der Waals surface area contributed by atoms with E-state index < -0.39 is 41.7 Å². The highest BCUT2D eigenvalue weighted by atomic mass is 35.5. The first kappa shape index (κ1) is 23.7. The molecule has 160 valence electrons. The van der Waals surface area contributed by atoms with Crippen molar-refractivity contribution in [1.82, 2.24) is 4.98 Å². The van der Waals surface area contributed by atoms with E-state index >= 15 is 0 Å². The fourth-order valence-corrected chi connectivity index (χ4v) is 4.25. The van der Waals surface area contributed by atoms with Crippen LogP contribution in [0.2, 0.25) is 5.02 Å². The Morgan fingerprint density at radius 3 is 2.70 bits per heavy atom. The van der Waals surface area contributed by atoms with E-state index in [-0.39, 0.29) is 17.3 Å². The predicted molar refractivity (Wildman–Crippen MR) is 104 cm³/mol. The summed E-state index contributed by atoms with van der Waals surface area (Å²) >= 11 is 7.19. The number of hydrogen-bond acceptors (Lipinski definition) is 10. The summed E-state index contributed by atoms with van der Waals surface area (Å²) < 4.78 is 21.8. The molecular weight excluding hydrogens is 438 g/mol. The highest BCUT2D eigenvalue weighted by molar-refractivity contribution is 7.99. The molecule has 2 heterocycles. The molecule has 0 aliphatic carbocycles. The van der Waals surface area contributed by atoms with E-state index in [1.54, 1.807) is 0 Å². The molecule has 30 heavy (non-hydrogen) atoms. The normalized spacial score (nSPS) is 25.5. The maximum Gasteiger partial charge on any atom is 0.303 e. The molecule has 11 nitrogen and oxygen atoms in total. The number of methoxy groups -OCH3 is 1. The Balaban J connectivity index is 2.37. The lowest BCUT2D eigenvalue weighted by Gasteiger charge is -2.43. The van der Waals surface area contributed by atoms with Gasteiger partial charge in [-0.25, -0.2) is 4.98 Å². The minimum atomic E-state index is -1.04. The summed E-state index contributed by atoms with van der Waals surface area (Å²) in [6.45, 7) is 2.19. The van der Waals surface area contributed by atoms with Gasteiger partial charge in [-0.05, 0) is 11.6 Å². The van der Waals surface area contributed by atoms with Crippen LogP contribution in [0.4, 0.5) is 0 Å². The van der Waals surface area contributed by atoms with Crippen LogP contribution in [0.3, 0.4) is 0 Å². The van der Waals surface area contributed by atoms with Crippen LogP contribution in [-0.4, -0.2) is 60.4 Å². The number of carbonyl (C=O) groups excluding carboxylic acids is 2. The first-order chi connectivity index (χ1) is 14.3. The first-order valence-corrected chi connectivity index (χ1v) is 9.81. The Labute approximate surface area is 181 Å². The van der Waals surface area contributed by atoms with Crippen molar-refractivity contribution in [3.8, 4) is 6.07 Å². The molecule has 0 amide bonds. The quantitative estimate of drug-likeness (QED) is 0.261. The third-order valence-electron chi connectivity index (χ3n) is 4.00. The van der Waals surface area contributed by atoms with Gasteiger partial charge >= 0.3 is 11.9 Å². The summed E-state index contributed by atoms with van der Waals surface area (Å²) in [5.74, 6) is -1.18. The second-order valence-corrected chi connectivity index (χ2v) is 7.63. The second-order valence-electron chi connectivity index (χ2n) is 6.05. The molecule has 1 fully saturated rings. The monoisotopic (exact) mass is 455 g/mol. The number of aromatic nitrogens is 1. The van der Waals surface area contributed by atoms with Crippen molar-refractivity contribution in [2.45, 2.75) is 48.5 Å². The second kappa shape index (κ2) is 11.0. The van der Waals surface area contributed by atoms with Gasteiger partial charge in [0.05, 0.1) is 5.02 Å². The van der Waals surface area contributed by atoms with Crippen molar-refractivity contribution >= 4 is 35.3 Å². The summed E-state index contributed by atoms with van der Waals surface area (Å²) in [6, 6.07) is 2.44. The van der Waals surface area contributed by atoms with Crippen molar-refractivity contribution in [2.75, 3.05) is 13.7 Å². The van der Waals surface area contributed by atoms with Gasteiger partial charge in [-0.15, -0.1) is 0 Å². The Bertz CT molecular complexity index is 890. The largest absolute Gasteiger partial charge is 0.463 e. The van der Waals surface area contributed by atoms with Gasteiger partial charge in [0, 0.05) is 37.0 Å². The zero-order chi connectivity index (χ0) is 22.3. The molecule has 0 bridgehead atoms. The molecule has 0 N–H and O–H groups in total. The number of esters is 2. The Morgan fingerprint density at radius 2 is 2.17 bits per heavy atom. The highest BCUT2D eigenvalue weighted by Crippen LogP contribution is 2.37. The van der Waals surface area contributed by atoms with Crippen molar-refractivity contribution < 1.29 is 28.5 Å². The lowest BCUT2D eigenvalue weighted by atomic mass is 9.97. The van der Waals surface area contributed by atoms with Crippen molar-refractivity contribution in [3.63, 3.8) is 0 Å². The molecule has 1 aromatic rings. The van der Waals surface area contributed by atoms with E-state index in [1.165, 1.54) is 33.2 Å². The first-order valence-electron chi connectivity index (χ1n) is 8.56. The molecule has 0 radical (unpaired) electrons. The molecule has 2 rings (SSSR count). The summed E-state index contributed by atoms with van der Waals surface area (Å²) in [7, 11) is 1.39. The van der Waals surface area contributed by atoms with E-state index in [9.17, 15) is 9.59 Å².